The van der Waals surface area contributed by atoms with Gasteiger partial charge in [-0.3, -0.25) is 14.8 Å². The highest BCUT2D eigenvalue weighted by atomic mass is 32.2. The average Bonchev–Trinajstić information content (AvgIpc) is 2.95. The van der Waals surface area contributed by atoms with Crippen molar-refractivity contribution in [2.45, 2.75) is 49.5 Å². The van der Waals surface area contributed by atoms with Crippen molar-refractivity contribution in [3.05, 3.63) is 47.0 Å². The normalized spacial score (nSPS) is 27.2. The second-order valence-corrected chi connectivity index (χ2v) is 8.44. The molecule has 2 aliphatic rings. The molecule has 3 atom stereocenters. The predicted molar refractivity (Wildman–Crippen MR) is 102 cm³/mol. The number of amidine groups is 1. The molecular weight excluding hydrogens is 432 g/mol. The van der Waals surface area contributed by atoms with E-state index in [0.29, 0.717) is 0 Å². The van der Waals surface area contributed by atoms with Crippen molar-refractivity contribution in [1.82, 2.24) is 5.32 Å². The Labute approximate surface area is 172 Å². The Hall–Kier alpha value is -2.30. The van der Waals surface area contributed by atoms with Crippen LogP contribution >= 0.6 is 11.8 Å². The molecule has 0 aromatic heterocycles. The van der Waals surface area contributed by atoms with Gasteiger partial charge >= 0.3 is 12.4 Å². The summed E-state index contributed by atoms with van der Waals surface area (Å²) in [6.45, 7) is 2.91. The molecule has 1 aromatic carbocycles. The highest BCUT2D eigenvalue weighted by Gasteiger charge is 2.49. The number of thioether (sulfide) groups is 1. The molecule has 1 saturated heterocycles. The molecule has 3 rings (SSSR count). The van der Waals surface area contributed by atoms with E-state index in [1.54, 1.807) is 0 Å². The number of carbonyl (C=O) groups is 1. The molecule has 2 aliphatic heterocycles. The summed E-state index contributed by atoms with van der Waals surface area (Å²) < 4.78 is 77.5. The molecule has 30 heavy (non-hydrogen) atoms. The van der Waals surface area contributed by atoms with Gasteiger partial charge in [0.15, 0.2) is 5.17 Å². The molecule has 1 aromatic rings. The van der Waals surface area contributed by atoms with Crippen LogP contribution in [0, 0.1) is 0 Å². The maximum Gasteiger partial charge on any atom is 0.416 e. The maximum absolute atomic E-state index is 13.2. The van der Waals surface area contributed by atoms with Crippen molar-refractivity contribution < 1.29 is 31.1 Å². The molecular formula is C19H17F6N3OS. The average molecular weight is 449 g/mol. The molecule has 2 heterocycles. The zero-order chi connectivity index (χ0) is 22.3. The second kappa shape index (κ2) is 7.75. The van der Waals surface area contributed by atoms with E-state index >= 15 is 0 Å². The molecule has 1 fully saturated rings. The zero-order valence-corrected chi connectivity index (χ0v) is 16.6. The van der Waals surface area contributed by atoms with Gasteiger partial charge in [0.1, 0.15) is 10.8 Å². The Bertz CT molecular complexity index is 937. The van der Waals surface area contributed by atoms with E-state index in [0.717, 1.165) is 24.0 Å². The first kappa shape index (κ1) is 22.4. The number of benzene rings is 1. The zero-order valence-electron chi connectivity index (χ0n) is 15.8. The number of nitrogens with one attached hydrogen (secondary N) is 1. The third kappa shape index (κ3) is 4.40. The fourth-order valence-electron chi connectivity index (χ4n) is 3.24. The number of hydrogen-bond acceptors (Lipinski definition) is 4. The van der Waals surface area contributed by atoms with E-state index in [4.69, 9.17) is 0 Å². The largest absolute Gasteiger partial charge is 0.416 e. The Balaban J connectivity index is 1.85. The Morgan fingerprint density at radius 1 is 1.23 bits per heavy atom. The second-order valence-electron chi connectivity index (χ2n) is 7.04. The van der Waals surface area contributed by atoms with Crippen LogP contribution in [0.4, 0.5) is 26.3 Å². The smallest absolute Gasteiger partial charge is 0.304 e. The van der Waals surface area contributed by atoms with E-state index in [9.17, 15) is 31.1 Å². The van der Waals surface area contributed by atoms with Gasteiger partial charge in [-0.05, 0) is 37.1 Å². The van der Waals surface area contributed by atoms with Gasteiger partial charge in [0.25, 0.3) is 0 Å². The predicted octanol–water partition coefficient (Wildman–Crippen LogP) is 5.08. The fraction of sp³-hybridized carbons (Fsp3) is 0.421. The molecule has 0 saturated carbocycles. The quantitative estimate of drug-likeness (QED) is 0.655. The first-order chi connectivity index (χ1) is 13.8. The molecule has 162 valence electrons. The van der Waals surface area contributed by atoms with Crippen LogP contribution in [0.1, 0.15) is 37.4 Å². The Morgan fingerprint density at radius 3 is 2.53 bits per heavy atom. The third-order valence-electron chi connectivity index (χ3n) is 4.93. The molecule has 0 radical (unpaired) electrons. The lowest BCUT2D eigenvalue weighted by Crippen LogP contribution is -2.39. The summed E-state index contributed by atoms with van der Waals surface area (Å²) in [4.78, 5) is 20.2. The van der Waals surface area contributed by atoms with Crippen LogP contribution in [0.15, 0.2) is 45.9 Å². The topological polar surface area (TPSA) is 53.8 Å². The standard InChI is InChI=1S/C19H17F6N3OS/c1-10(12-5-3-4-6-13(12)18(20,21)22)27-16-28-15(29)17(2,30-16)11-7-8-26-14(9-11)19(23,24)25/h3-8,10,14H,9H2,1-2H3,(H,27,28,29)/t10-,14?,17?/m0/s1. The minimum atomic E-state index is -4.57. The fourth-order valence-corrected chi connectivity index (χ4v) is 4.40. The lowest BCUT2D eigenvalue weighted by Gasteiger charge is -2.28. The Kier molecular flexibility index (Phi) is 5.78. The van der Waals surface area contributed by atoms with Crippen molar-refractivity contribution in [2.75, 3.05) is 0 Å². The van der Waals surface area contributed by atoms with Gasteiger partial charge in [-0.1, -0.05) is 30.0 Å². The molecule has 2 unspecified atom stereocenters. The third-order valence-corrected chi connectivity index (χ3v) is 6.18. The molecule has 4 nitrogen and oxygen atoms in total. The molecule has 1 amide bonds. The maximum atomic E-state index is 13.2. The van der Waals surface area contributed by atoms with Crippen LogP contribution in [0.3, 0.4) is 0 Å². The summed E-state index contributed by atoms with van der Waals surface area (Å²) in [5.41, 5.74) is -0.684. The van der Waals surface area contributed by atoms with Crippen molar-refractivity contribution >= 4 is 29.1 Å². The lowest BCUT2D eigenvalue weighted by atomic mass is 9.91. The highest BCUT2D eigenvalue weighted by molar-refractivity contribution is 8.16. The SMILES string of the molecule is C[C@H](N=C1NC(=O)C(C)(C2=CC=NC(C(F)(F)F)C2)S1)c1ccccc1C(F)(F)F. The summed E-state index contributed by atoms with van der Waals surface area (Å²) in [6.07, 6.45) is -7.20. The molecule has 0 bridgehead atoms. The van der Waals surface area contributed by atoms with Crippen LogP contribution in [0.25, 0.3) is 0 Å². The van der Waals surface area contributed by atoms with E-state index in [1.165, 1.54) is 38.1 Å². The summed E-state index contributed by atoms with van der Waals surface area (Å²) in [5, 5.41) is 2.53. The van der Waals surface area contributed by atoms with Crippen molar-refractivity contribution in [3.63, 3.8) is 0 Å². The Morgan fingerprint density at radius 2 is 1.90 bits per heavy atom. The highest BCUT2D eigenvalue weighted by Crippen LogP contribution is 2.44. The minimum absolute atomic E-state index is 0.0546. The molecule has 11 heteroatoms. The monoisotopic (exact) mass is 449 g/mol. The summed E-state index contributed by atoms with van der Waals surface area (Å²) in [5.74, 6) is -0.579. The van der Waals surface area contributed by atoms with Crippen LogP contribution in [-0.2, 0) is 11.0 Å². The minimum Gasteiger partial charge on any atom is -0.304 e. The van der Waals surface area contributed by atoms with Crippen molar-refractivity contribution in [3.8, 4) is 0 Å². The number of dihydropyridines is 1. The first-order valence-electron chi connectivity index (χ1n) is 8.86. The van der Waals surface area contributed by atoms with Crippen LogP contribution in [-0.4, -0.2) is 34.3 Å². The van der Waals surface area contributed by atoms with E-state index in [-0.39, 0.29) is 16.3 Å². The van der Waals surface area contributed by atoms with Gasteiger partial charge in [-0.15, -0.1) is 0 Å². The van der Waals surface area contributed by atoms with Gasteiger partial charge in [-0.2, -0.15) is 26.3 Å². The van der Waals surface area contributed by atoms with Gasteiger partial charge < -0.3 is 5.32 Å². The molecule has 0 spiro atoms. The number of nitrogens with zero attached hydrogens (tertiary/aromatic N) is 2. The van der Waals surface area contributed by atoms with E-state index in [2.05, 4.69) is 15.3 Å². The van der Waals surface area contributed by atoms with Gasteiger partial charge in [0, 0.05) is 12.6 Å². The number of hydrogen-bond donors (Lipinski definition) is 1. The van der Waals surface area contributed by atoms with Crippen molar-refractivity contribution in [1.29, 1.82) is 0 Å². The summed E-state index contributed by atoms with van der Waals surface area (Å²) in [6, 6.07) is 2.09. The summed E-state index contributed by atoms with van der Waals surface area (Å²) in [7, 11) is 0. The number of amides is 1. The van der Waals surface area contributed by atoms with Gasteiger partial charge in [0.05, 0.1) is 11.6 Å². The number of carbonyl (C=O) groups excluding carboxylic acids is 1. The van der Waals surface area contributed by atoms with Crippen LogP contribution in [0.2, 0.25) is 0 Å². The van der Waals surface area contributed by atoms with E-state index < -0.39 is 47.1 Å². The number of aliphatic imine (C=N–C) groups is 2. The first-order valence-corrected chi connectivity index (χ1v) is 9.68. The van der Waals surface area contributed by atoms with Gasteiger partial charge in [0.2, 0.25) is 5.91 Å². The number of alkyl halides is 6. The summed E-state index contributed by atoms with van der Waals surface area (Å²) >= 11 is 0.887. The van der Waals surface area contributed by atoms with Crippen LogP contribution < -0.4 is 5.32 Å². The molecule has 1 N–H and O–H groups in total. The number of rotatable bonds is 3. The molecule has 0 aliphatic carbocycles. The number of allylic oxidation sites excluding steroid dienone is 1. The lowest BCUT2D eigenvalue weighted by molar-refractivity contribution is -0.147. The number of halogens is 6. The van der Waals surface area contributed by atoms with Gasteiger partial charge in [-0.25, -0.2) is 0 Å². The van der Waals surface area contributed by atoms with E-state index in [1.807, 2.05) is 0 Å². The van der Waals surface area contributed by atoms with Crippen LogP contribution in [0.5, 0.6) is 0 Å². The van der Waals surface area contributed by atoms with Crippen molar-refractivity contribution in [2.24, 2.45) is 9.98 Å².